The summed E-state index contributed by atoms with van der Waals surface area (Å²) in [6.07, 6.45) is 7.33. The molecule has 3 rings (SSSR count). The molecule has 0 radical (unpaired) electrons. The van der Waals surface area contributed by atoms with Crippen molar-refractivity contribution in [3.05, 3.63) is 23.3 Å². The number of hydrogen-bond donors (Lipinski definition) is 2. The van der Waals surface area contributed by atoms with E-state index < -0.39 is 12.2 Å². The van der Waals surface area contributed by atoms with Crippen molar-refractivity contribution in [2.24, 2.45) is 22.7 Å². The Morgan fingerprint density at radius 3 is 2.67 bits per heavy atom. The van der Waals surface area contributed by atoms with E-state index in [2.05, 4.69) is 26.8 Å². The average Bonchev–Trinajstić information content (AvgIpc) is 2.44. The Bertz CT molecular complexity index is 517. The molecule has 0 aromatic rings. The highest BCUT2D eigenvalue weighted by molar-refractivity contribution is 5.75. The van der Waals surface area contributed by atoms with Crippen LogP contribution in [0, 0.1) is 22.7 Å². The Morgan fingerprint density at radius 1 is 1.29 bits per heavy atom. The molecule has 1 fully saturated rings. The monoisotopic (exact) mass is 290 g/mol. The number of hydrogen-bond acceptors (Lipinski definition) is 3. The van der Waals surface area contributed by atoms with Crippen molar-refractivity contribution in [1.29, 1.82) is 0 Å². The number of carbonyl (C=O) groups is 1. The lowest BCUT2D eigenvalue weighted by Crippen LogP contribution is -2.59. The molecular weight excluding hydrogens is 264 g/mol. The number of fused-ring (bicyclic) bond motifs is 3. The number of aliphatic hydroxyl groups is 2. The van der Waals surface area contributed by atoms with Crippen molar-refractivity contribution in [3.8, 4) is 0 Å². The fourth-order valence-electron chi connectivity index (χ4n) is 5.34. The van der Waals surface area contributed by atoms with Crippen LogP contribution in [0.1, 0.15) is 46.5 Å². The summed E-state index contributed by atoms with van der Waals surface area (Å²) in [6.45, 7) is 6.43. The van der Waals surface area contributed by atoms with Crippen LogP contribution in [0.3, 0.4) is 0 Å². The maximum atomic E-state index is 11.0. The zero-order chi connectivity index (χ0) is 15.4. The Labute approximate surface area is 126 Å². The van der Waals surface area contributed by atoms with Gasteiger partial charge in [-0.15, -0.1) is 0 Å². The zero-order valence-electron chi connectivity index (χ0n) is 13.2. The highest BCUT2D eigenvalue weighted by Crippen LogP contribution is 2.61. The lowest BCUT2D eigenvalue weighted by Gasteiger charge is -2.60. The van der Waals surface area contributed by atoms with Crippen molar-refractivity contribution < 1.29 is 15.0 Å². The third-order valence-corrected chi connectivity index (χ3v) is 6.48. The first kappa shape index (κ1) is 15.0. The zero-order valence-corrected chi connectivity index (χ0v) is 13.2. The standard InChI is InChI=1S/C18H26O3/c1-17(2)15-7-5-12-8-11(10-19)4-6-13(12)18(15,3)9-14(20)16(17)21/h5,8,10,13-16,20-21H,4,6-7,9H2,1-3H3/t13-,14+,15-,16+,18+/m1/s1. The fraction of sp³-hybridized carbons (Fsp3) is 0.722. The molecular formula is C18H26O3. The molecule has 116 valence electrons. The number of allylic oxidation sites excluding steroid dienone is 4. The van der Waals surface area contributed by atoms with Crippen molar-refractivity contribution in [3.63, 3.8) is 0 Å². The number of rotatable bonds is 1. The lowest BCUT2D eigenvalue weighted by atomic mass is 9.46. The van der Waals surface area contributed by atoms with Crippen LogP contribution in [-0.2, 0) is 4.79 Å². The molecule has 21 heavy (non-hydrogen) atoms. The molecule has 3 aliphatic rings. The van der Waals surface area contributed by atoms with Gasteiger partial charge in [-0.05, 0) is 59.5 Å². The SMILES string of the molecule is CC1(C)[C@H]2CC=C3C=C(C=O)CC[C@H]3[C@]2(C)C[C@H](O)[C@@H]1O. The van der Waals surface area contributed by atoms with Gasteiger partial charge in [0.25, 0.3) is 0 Å². The van der Waals surface area contributed by atoms with Crippen LogP contribution >= 0.6 is 0 Å². The second kappa shape index (κ2) is 4.79. The van der Waals surface area contributed by atoms with E-state index in [0.717, 1.165) is 31.1 Å². The average molecular weight is 290 g/mol. The van der Waals surface area contributed by atoms with Crippen LogP contribution in [0.25, 0.3) is 0 Å². The Balaban J connectivity index is 2.03. The number of aldehydes is 1. The van der Waals surface area contributed by atoms with Gasteiger partial charge < -0.3 is 10.2 Å². The minimum Gasteiger partial charge on any atom is -0.390 e. The van der Waals surface area contributed by atoms with E-state index in [1.165, 1.54) is 5.57 Å². The van der Waals surface area contributed by atoms with Gasteiger partial charge in [-0.1, -0.05) is 32.9 Å². The highest BCUT2D eigenvalue weighted by Gasteiger charge is 2.58. The van der Waals surface area contributed by atoms with E-state index in [9.17, 15) is 15.0 Å². The molecule has 0 bridgehead atoms. The molecule has 0 aromatic heterocycles. The van der Waals surface area contributed by atoms with Gasteiger partial charge in [-0.3, -0.25) is 4.79 Å². The molecule has 1 saturated carbocycles. The molecule has 0 saturated heterocycles. The summed E-state index contributed by atoms with van der Waals surface area (Å²) in [5.41, 5.74) is 1.86. The predicted molar refractivity (Wildman–Crippen MR) is 81.6 cm³/mol. The maximum absolute atomic E-state index is 11.0. The molecule has 0 aromatic carbocycles. The summed E-state index contributed by atoms with van der Waals surface area (Å²) in [4.78, 5) is 11.0. The molecule has 0 aliphatic heterocycles. The summed E-state index contributed by atoms with van der Waals surface area (Å²) < 4.78 is 0. The van der Waals surface area contributed by atoms with Crippen LogP contribution in [0.15, 0.2) is 23.3 Å². The Morgan fingerprint density at radius 2 is 2.00 bits per heavy atom. The van der Waals surface area contributed by atoms with E-state index in [0.29, 0.717) is 18.3 Å². The molecule has 5 atom stereocenters. The molecule has 3 heteroatoms. The molecule has 0 amide bonds. The Hall–Kier alpha value is -0.930. The summed E-state index contributed by atoms with van der Waals surface area (Å²) >= 11 is 0. The smallest absolute Gasteiger partial charge is 0.146 e. The summed E-state index contributed by atoms with van der Waals surface area (Å²) in [7, 11) is 0. The second-order valence-electron chi connectivity index (χ2n) is 7.96. The third kappa shape index (κ3) is 2.05. The normalized spacial score (nSPS) is 45.0. The highest BCUT2D eigenvalue weighted by atomic mass is 16.3. The predicted octanol–water partition coefficient (Wildman–Crippen LogP) is 2.63. The van der Waals surface area contributed by atoms with Crippen molar-refractivity contribution in [2.75, 3.05) is 0 Å². The van der Waals surface area contributed by atoms with Crippen molar-refractivity contribution in [2.45, 2.75) is 58.7 Å². The Kier molecular flexibility index (Phi) is 3.42. The van der Waals surface area contributed by atoms with E-state index >= 15 is 0 Å². The van der Waals surface area contributed by atoms with Gasteiger partial charge in [-0.25, -0.2) is 0 Å². The largest absolute Gasteiger partial charge is 0.390 e. The first-order valence-electron chi connectivity index (χ1n) is 8.02. The van der Waals surface area contributed by atoms with Crippen molar-refractivity contribution >= 4 is 6.29 Å². The van der Waals surface area contributed by atoms with Gasteiger partial charge in [0, 0.05) is 0 Å². The van der Waals surface area contributed by atoms with Crippen LogP contribution in [-0.4, -0.2) is 28.7 Å². The molecule has 0 spiro atoms. The minimum absolute atomic E-state index is 0.00283. The summed E-state index contributed by atoms with van der Waals surface area (Å²) in [5, 5.41) is 20.8. The van der Waals surface area contributed by atoms with Crippen LogP contribution in [0.4, 0.5) is 0 Å². The molecule has 0 heterocycles. The summed E-state index contributed by atoms with van der Waals surface area (Å²) in [5.74, 6) is 0.754. The van der Waals surface area contributed by atoms with Gasteiger partial charge in [0.2, 0.25) is 0 Å². The second-order valence-corrected chi connectivity index (χ2v) is 7.96. The summed E-state index contributed by atoms with van der Waals surface area (Å²) in [6, 6.07) is 0. The van der Waals surface area contributed by atoms with Gasteiger partial charge in [0.05, 0.1) is 12.2 Å². The van der Waals surface area contributed by atoms with E-state index in [1.807, 2.05) is 6.08 Å². The van der Waals surface area contributed by atoms with Gasteiger partial charge in [0.1, 0.15) is 6.29 Å². The van der Waals surface area contributed by atoms with Gasteiger partial charge in [-0.2, -0.15) is 0 Å². The van der Waals surface area contributed by atoms with Crippen LogP contribution in [0.5, 0.6) is 0 Å². The van der Waals surface area contributed by atoms with E-state index in [4.69, 9.17) is 0 Å². The van der Waals surface area contributed by atoms with Gasteiger partial charge in [0.15, 0.2) is 0 Å². The third-order valence-electron chi connectivity index (χ3n) is 6.48. The van der Waals surface area contributed by atoms with E-state index in [1.54, 1.807) is 0 Å². The lowest BCUT2D eigenvalue weighted by molar-refractivity contribution is -0.174. The number of carbonyl (C=O) groups excluding carboxylic acids is 1. The first-order chi connectivity index (χ1) is 9.80. The number of aliphatic hydroxyl groups excluding tert-OH is 2. The topological polar surface area (TPSA) is 57.5 Å². The quantitative estimate of drug-likeness (QED) is 0.730. The molecule has 3 aliphatic carbocycles. The molecule has 2 N–H and O–H groups in total. The fourth-order valence-corrected chi connectivity index (χ4v) is 5.34. The van der Waals surface area contributed by atoms with Crippen LogP contribution < -0.4 is 0 Å². The maximum Gasteiger partial charge on any atom is 0.146 e. The first-order valence-corrected chi connectivity index (χ1v) is 8.02. The van der Waals surface area contributed by atoms with E-state index in [-0.39, 0.29) is 10.8 Å². The van der Waals surface area contributed by atoms with Gasteiger partial charge >= 0.3 is 0 Å². The molecule has 0 unspecified atom stereocenters. The van der Waals surface area contributed by atoms with Crippen LogP contribution in [0.2, 0.25) is 0 Å². The minimum atomic E-state index is -0.657. The van der Waals surface area contributed by atoms with Crippen molar-refractivity contribution in [1.82, 2.24) is 0 Å². The molecule has 3 nitrogen and oxygen atoms in total.